The quantitative estimate of drug-likeness (QED) is 0.552. The Morgan fingerprint density at radius 2 is 1.93 bits per heavy atom. The monoisotopic (exact) mass is 388 g/mol. The Morgan fingerprint density at radius 1 is 1.15 bits per heavy atom. The van der Waals surface area contributed by atoms with Gasteiger partial charge in [-0.3, -0.25) is 0 Å². The molecule has 1 heterocycles. The lowest BCUT2D eigenvalue weighted by molar-refractivity contribution is 0.130. The Kier molecular flexibility index (Phi) is 6.05. The Morgan fingerprint density at radius 3 is 2.67 bits per heavy atom. The van der Waals surface area contributed by atoms with Crippen molar-refractivity contribution in [2.24, 2.45) is 0 Å². The second-order valence-corrected chi connectivity index (χ2v) is 6.17. The van der Waals surface area contributed by atoms with Crippen LogP contribution in [0.2, 0.25) is 5.02 Å². The standard InChI is InChI=1S/C19H18ClFN4O2/c1-12(11-26)27-17-9-14(7-8-15(17)20)24-19-22-10-16(21)18(25-19)23-13-5-3-2-4-6-13/h2-10,12,26H,11H2,1H3,(H2,22,23,24,25). The zero-order chi connectivity index (χ0) is 19.2. The van der Waals surface area contributed by atoms with Gasteiger partial charge in [0.1, 0.15) is 11.9 Å². The van der Waals surface area contributed by atoms with Gasteiger partial charge in [-0.15, -0.1) is 0 Å². The first-order chi connectivity index (χ1) is 13.0. The van der Waals surface area contributed by atoms with Crippen molar-refractivity contribution >= 4 is 34.7 Å². The summed E-state index contributed by atoms with van der Waals surface area (Å²) in [5.74, 6) is 0.102. The SMILES string of the molecule is CC(CO)Oc1cc(Nc2ncc(F)c(Nc3ccccc3)n2)ccc1Cl. The van der Waals surface area contributed by atoms with Gasteiger partial charge in [0.2, 0.25) is 5.95 Å². The highest BCUT2D eigenvalue weighted by Gasteiger charge is 2.11. The molecule has 0 aliphatic carbocycles. The van der Waals surface area contributed by atoms with E-state index in [4.69, 9.17) is 21.4 Å². The largest absolute Gasteiger partial charge is 0.487 e. The van der Waals surface area contributed by atoms with Gasteiger partial charge in [0.15, 0.2) is 11.6 Å². The molecule has 6 nitrogen and oxygen atoms in total. The average molecular weight is 389 g/mol. The molecule has 0 spiro atoms. The number of halogens is 2. The van der Waals surface area contributed by atoms with Crippen LogP contribution in [0.25, 0.3) is 0 Å². The first kappa shape index (κ1) is 18.9. The molecule has 0 amide bonds. The Balaban J connectivity index is 1.79. The molecule has 3 rings (SSSR count). The Hall–Kier alpha value is -2.90. The van der Waals surface area contributed by atoms with Gasteiger partial charge >= 0.3 is 0 Å². The number of hydrogen-bond donors (Lipinski definition) is 3. The van der Waals surface area contributed by atoms with Crippen LogP contribution in [-0.2, 0) is 0 Å². The third-order valence-electron chi connectivity index (χ3n) is 3.55. The fourth-order valence-corrected chi connectivity index (χ4v) is 2.39. The third-order valence-corrected chi connectivity index (χ3v) is 3.87. The highest BCUT2D eigenvalue weighted by Crippen LogP contribution is 2.30. The van der Waals surface area contributed by atoms with E-state index in [1.165, 1.54) is 0 Å². The molecule has 1 atom stereocenters. The van der Waals surface area contributed by atoms with E-state index in [1.54, 1.807) is 37.3 Å². The third kappa shape index (κ3) is 5.06. The summed E-state index contributed by atoms with van der Waals surface area (Å²) in [7, 11) is 0. The van der Waals surface area contributed by atoms with Crippen molar-refractivity contribution in [2.45, 2.75) is 13.0 Å². The summed E-state index contributed by atoms with van der Waals surface area (Å²) in [6, 6.07) is 14.2. The van der Waals surface area contributed by atoms with E-state index in [9.17, 15) is 4.39 Å². The number of aromatic nitrogens is 2. The van der Waals surface area contributed by atoms with E-state index in [0.717, 1.165) is 6.20 Å². The van der Waals surface area contributed by atoms with Gasteiger partial charge in [0.05, 0.1) is 17.8 Å². The molecule has 3 N–H and O–H groups in total. The lowest BCUT2D eigenvalue weighted by Crippen LogP contribution is -2.16. The number of nitrogens with one attached hydrogen (secondary N) is 2. The van der Waals surface area contributed by atoms with E-state index in [2.05, 4.69) is 20.6 Å². The van der Waals surface area contributed by atoms with E-state index in [-0.39, 0.29) is 18.4 Å². The van der Waals surface area contributed by atoms with Gasteiger partial charge in [-0.25, -0.2) is 9.37 Å². The summed E-state index contributed by atoms with van der Waals surface area (Å²) in [4.78, 5) is 8.12. The summed E-state index contributed by atoms with van der Waals surface area (Å²) >= 11 is 6.11. The van der Waals surface area contributed by atoms with Crippen LogP contribution in [0.15, 0.2) is 54.7 Å². The van der Waals surface area contributed by atoms with Gasteiger partial charge in [-0.1, -0.05) is 29.8 Å². The van der Waals surface area contributed by atoms with Gasteiger partial charge < -0.3 is 20.5 Å². The van der Waals surface area contributed by atoms with Crippen LogP contribution in [-0.4, -0.2) is 27.8 Å². The van der Waals surface area contributed by atoms with Crippen molar-refractivity contribution in [1.29, 1.82) is 0 Å². The molecule has 0 saturated carbocycles. The molecule has 1 unspecified atom stereocenters. The van der Waals surface area contributed by atoms with E-state index >= 15 is 0 Å². The maximum Gasteiger partial charge on any atom is 0.229 e. The van der Waals surface area contributed by atoms with Crippen molar-refractivity contribution in [3.63, 3.8) is 0 Å². The molecule has 140 valence electrons. The Labute approximate surface area is 161 Å². The average Bonchev–Trinajstić information content (AvgIpc) is 2.68. The number of ether oxygens (including phenoxy) is 1. The molecular weight excluding hydrogens is 371 g/mol. The molecule has 27 heavy (non-hydrogen) atoms. The minimum absolute atomic E-state index is 0.0537. The lowest BCUT2D eigenvalue weighted by Gasteiger charge is -2.15. The smallest absolute Gasteiger partial charge is 0.229 e. The van der Waals surface area contributed by atoms with Crippen LogP contribution >= 0.6 is 11.6 Å². The normalized spacial score (nSPS) is 11.7. The predicted molar refractivity (Wildman–Crippen MR) is 104 cm³/mol. The zero-order valence-corrected chi connectivity index (χ0v) is 15.2. The number of aliphatic hydroxyl groups excluding tert-OH is 1. The molecule has 0 saturated heterocycles. The van der Waals surface area contributed by atoms with Crippen LogP contribution in [0.4, 0.5) is 27.5 Å². The van der Waals surface area contributed by atoms with Crippen LogP contribution < -0.4 is 15.4 Å². The van der Waals surface area contributed by atoms with Gasteiger partial charge in [-0.05, 0) is 31.2 Å². The molecule has 0 fully saturated rings. The molecule has 3 aromatic rings. The second-order valence-electron chi connectivity index (χ2n) is 5.76. The zero-order valence-electron chi connectivity index (χ0n) is 14.5. The first-order valence-electron chi connectivity index (χ1n) is 8.24. The van der Waals surface area contributed by atoms with Crippen molar-refractivity contribution in [3.8, 4) is 5.75 Å². The number of para-hydroxylation sites is 1. The predicted octanol–water partition coefficient (Wildman–Crippen LogP) is 4.52. The van der Waals surface area contributed by atoms with Gasteiger partial charge in [-0.2, -0.15) is 4.98 Å². The second kappa shape index (κ2) is 8.66. The number of anilines is 4. The van der Waals surface area contributed by atoms with Gasteiger partial charge in [0, 0.05) is 17.4 Å². The van der Waals surface area contributed by atoms with Crippen molar-refractivity contribution in [3.05, 3.63) is 65.6 Å². The molecule has 0 radical (unpaired) electrons. The first-order valence-corrected chi connectivity index (χ1v) is 8.61. The Bertz CT molecular complexity index is 911. The molecule has 2 aromatic carbocycles. The van der Waals surface area contributed by atoms with Crippen LogP contribution in [0.1, 0.15) is 6.92 Å². The molecule has 8 heteroatoms. The number of benzene rings is 2. The highest BCUT2D eigenvalue weighted by atomic mass is 35.5. The molecular formula is C19H18ClFN4O2. The van der Waals surface area contributed by atoms with E-state index < -0.39 is 11.9 Å². The van der Waals surface area contributed by atoms with Crippen molar-refractivity contribution in [1.82, 2.24) is 9.97 Å². The van der Waals surface area contributed by atoms with E-state index in [1.807, 2.05) is 18.2 Å². The van der Waals surface area contributed by atoms with Crippen LogP contribution in [0.3, 0.4) is 0 Å². The fraction of sp³-hybridized carbons (Fsp3) is 0.158. The maximum atomic E-state index is 14.0. The summed E-state index contributed by atoms with van der Waals surface area (Å²) in [5.41, 5.74) is 1.32. The number of hydrogen-bond acceptors (Lipinski definition) is 6. The number of nitrogens with zero attached hydrogens (tertiary/aromatic N) is 2. The number of rotatable bonds is 7. The topological polar surface area (TPSA) is 79.3 Å². The molecule has 0 aliphatic rings. The van der Waals surface area contributed by atoms with Crippen LogP contribution in [0, 0.1) is 5.82 Å². The maximum absolute atomic E-state index is 14.0. The van der Waals surface area contributed by atoms with E-state index in [0.29, 0.717) is 22.1 Å². The highest BCUT2D eigenvalue weighted by molar-refractivity contribution is 6.32. The van der Waals surface area contributed by atoms with Crippen LogP contribution in [0.5, 0.6) is 5.75 Å². The lowest BCUT2D eigenvalue weighted by atomic mass is 10.3. The summed E-state index contributed by atoms with van der Waals surface area (Å²) in [6.45, 7) is 1.59. The number of aliphatic hydroxyl groups is 1. The van der Waals surface area contributed by atoms with Gasteiger partial charge in [0.25, 0.3) is 0 Å². The summed E-state index contributed by atoms with van der Waals surface area (Å²) in [5, 5.41) is 15.4. The minimum Gasteiger partial charge on any atom is -0.487 e. The van der Waals surface area contributed by atoms with Crippen molar-refractivity contribution in [2.75, 3.05) is 17.2 Å². The summed E-state index contributed by atoms with van der Waals surface area (Å²) in [6.07, 6.45) is 0.684. The minimum atomic E-state index is -0.568. The molecule has 0 bridgehead atoms. The molecule has 0 aliphatic heterocycles. The van der Waals surface area contributed by atoms with Crippen molar-refractivity contribution < 1.29 is 14.2 Å². The molecule has 1 aromatic heterocycles. The fourth-order valence-electron chi connectivity index (χ4n) is 2.23. The summed E-state index contributed by atoms with van der Waals surface area (Å²) < 4.78 is 19.6.